The maximum atomic E-state index is 12.5. The van der Waals surface area contributed by atoms with Crippen LogP contribution >= 0.6 is 0 Å². The fourth-order valence-corrected chi connectivity index (χ4v) is 3.22. The van der Waals surface area contributed by atoms with Crippen LogP contribution in [-0.2, 0) is 24.3 Å². The highest BCUT2D eigenvalue weighted by Gasteiger charge is 2.26. The van der Waals surface area contributed by atoms with E-state index in [4.69, 9.17) is 0 Å². The first-order valence-electron chi connectivity index (χ1n) is 7.59. The smallest absolute Gasteiger partial charge is 0.325 e. The van der Waals surface area contributed by atoms with Gasteiger partial charge in [-0.05, 0) is 31.4 Å². The summed E-state index contributed by atoms with van der Waals surface area (Å²) >= 11 is 0. The molecule has 0 aromatic heterocycles. The molecule has 0 saturated heterocycles. The molecule has 1 rings (SSSR count). The summed E-state index contributed by atoms with van der Waals surface area (Å²) in [6, 6.07) is 5.36. The normalized spacial score (nSPS) is 12.7. The summed E-state index contributed by atoms with van der Waals surface area (Å²) < 4.78 is 31.8. The van der Waals surface area contributed by atoms with Crippen LogP contribution in [0.5, 0.6) is 0 Å². The van der Waals surface area contributed by atoms with Gasteiger partial charge in [0, 0.05) is 0 Å². The fourth-order valence-electron chi connectivity index (χ4n) is 2.01. The molecule has 0 fully saturated rings. The second-order valence-corrected chi connectivity index (χ2v) is 7.62. The molecular weight excluding hydrogens is 332 g/mol. The number of amides is 1. The van der Waals surface area contributed by atoms with E-state index in [9.17, 15) is 18.0 Å². The first-order valence-corrected chi connectivity index (χ1v) is 9.07. The predicted molar refractivity (Wildman–Crippen MR) is 89.8 cm³/mol. The molecule has 0 radical (unpaired) electrons. The Labute approximate surface area is 142 Å². The molecule has 1 unspecified atom stereocenters. The number of rotatable bonds is 8. The molecule has 1 aromatic rings. The summed E-state index contributed by atoms with van der Waals surface area (Å²) in [5.41, 5.74) is 0.934. The molecule has 8 heteroatoms. The number of carbonyl (C=O) groups is 2. The lowest BCUT2D eigenvalue weighted by Gasteiger charge is -2.20. The number of ether oxygens (including phenoxy) is 1. The lowest BCUT2D eigenvalue weighted by Crippen LogP contribution is -2.48. The Hall–Kier alpha value is -1.93. The zero-order valence-electron chi connectivity index (χ0n) is 14.3. The lowest BCUT2D eigenvalue weighted by molar-refractivity contribution is -0.141. The summed E-state index contributed by atoms with van der Waals surface area (Å²) in [5.74, 6) is -1.09. The Bertz CT molecular complexity index is 668. The Morgan fingerprint density at radius 1 is 1.17 bits per heavy atom. The van der Waals surface area contributed by atoms with Gasteiger partial charge in [-0.15, -0.1) is 0 Å². The molecule has 1 amide bonds. The van der Waals surface area contributed by atoms with Crippen molar-refractivity contribution in [3.8, 4) is 0 Å². The fraction of sp³-hybridized carbons (Fsp3) is 0.500. The van der Waals surface area contributed by atoms with Crippen molar-refractivity contribution < 1.29 is 22.7 Å². The minimum absolute atomic E-state index is 0.0830. The van der Waals surface area contributed by atoms with Gasteiger partial charge in [-0.1, -0.05) is 31.5 Å². The number of carbonyl (C=O) groups excluding carboxylic acids is 2. The maximum absolute atomic E-state index is 12.5. The highest BCUT2D eigenvalue weighted by Crippen LogP contribution is 2.13. The third-order valence-corrected chi connectivity index (χ3v) is 4.77. The quantitative estimate of drug-likeness (QED) is 0.676. The van der Waals surface area contributed by atoms with Crippen LogP contribution in [0.4, 0.5) is 0 Å². The zero-order chi connectivity index (χ0) is 18.3. The molecule has 0 bridgehead atoms. The highest BCUT2D eigenvalue weighted by atomic mass is 32.2. The van der Waals surface area contributed by atoms with Crippen LogP contribution in [0.2, 0.25) is 0 Å². The number of aryl methyl sites for hydroxylation is 1. The molecule has 0 heterocycles. The van der Waals surface area contributed by atoms with Gasteiger partial charge in [-0.3, -0.25) is 9.59 Å². The number of sulfonamides is 1. The van der Waals surface area contributed by atoms with Gasteiger partial charge in [0.1, 0.15) is 12.6 Å². The summed E-state index contributed by atoms with van der Waals surface area (Å²) in [4.78, 5) is 23.4. The third-order valence-electron chi connectivity index (χ3n) is 3.29. The molecule has 2 N–H and O–H groups in total. The Morgan fingerprint density at radius 3 is 2.25 bits per heavy atom. The van der Waals surface area contributed by atoms with Crippen LogP contribution in [0, 0.1) is 12.8 Å². The van der Waals surface area contributed by atoms with Gasteiger partial charge in [-0.2, -0.15) is 4.72 Å². The second-order valence-electron chi connectivity index (χ2n) is 5.91. The highest BCUT2D eigenvalue weighted by molar-refractivity contribution is 7.89. The van der Waals surface area contributed by atoms with Crippen LogP contribution < -0.4 is 10.0 Å². The SMILES string of the molecule is COC(=O)CNC(=O)C(CC(C)C)NS(=O)(=O)c1ccc(C)cc1. The van der Waals surface area contributed by atoms with E-state index in [1.165, 1.54) is 19.2 Å². The zero-order valence-corrected chi connectivity index (χ0v) is 15.1. The van der Waals surface area contributed by atoms with E-state index in [1.54, 1.807) is 12.1 Å². The Balaban J connectivity index is 2.89. The van der Waals surface area contributed by atoms with Gasteiger partial charge >= 0.3 is 5.97 Å². The van der Waals surface area contributed by atoms with E-state index >= 15 is 0 Å². The number of esters is 1. The van der Waals surface area contributed by atoms with Gasteiger partial charge in [0.25, 0.3) is 0 Å². The van der Waals surface area contributed by atoms with Gasteiger partial charge < -0.3 is 10.1 Å². The predicted octanol–water partition coefficient (Wildman–Crippen LogP) is 0.977. The molecule has 0 spiro atoms. The van der Waals surface area contributed by atoms with E-state index < -0.39 is 27.9 Å². The minimum Gasteiger partial charge on any atom is -0.468 e. The van der Waals surface area contributed by atoms with Crippen LogP contribution in [0.25, 0.3) is 0 Å². The number of hydrogen-bond donors (Lipinski definition) is 2. The van der Waals surface area contributed by atoms with Gasteiger partial charge in [0.2, 0.25) is 15.9 Å². The molecule has 0 aliphatic rings. The van der Waals surface area contributed by atoms with Crippen LogP contribution in [0.15, 0.2) is 29.2 Å². The monoisotopic (exact) mass is 356 g/mol. The van der Waals surface area contributed by atoms with Gasteiger partial charge in [-0.25, -0.2) is 8.42 Å². The van der Waals surface area contributed by atoms with Gasteiger partial charge in [0.15, 0.2) is 0 Å². The lowest BCUT2D eigenvalue weighted by atomic mass is 10.0. The van der Waals surface area contributed by atoms with Crippen molar-refractivity contribution in [2.24, 2.45) is 5.92 Å². The summed E-state index contributed by atoms with van der Waals surface area (Å²) in [6.07, 6.45) is 0.304. The standard InChI is InChI=1S/C16H24N2O5S/c1-11(2)9-14(16(20)17-10-15(19)23-4)18-24(21,22)13-7-5-12(3)6-8-13/h5-8,11,14,18H,9-10H2,1-4H3,(H,17,20). The maximum Gasteiger partial charge on any atom is 0.325 e. The molecule has 24 heavy (non-hydrogen) atoms. The van der Waals surface area contributed by atoms with Crippen molar-refractivity contribution in [1.29, 1.82) is 0 Å². The van der Waals surface area contributed by atoms with Crippen molar-refractivity contribution in [2.75, 3.05) is 13.7 Å². The largest absolute Gasteiger partial charge is 0.468 e. The van der Waals surface area contributed by atoms with Crippen molar-refractivity contribution in [3.63, 3.8) is 0 Å². The van der Waals surface area contributed by atoms with Crippen LogP contribution in [0.3, 0.4) is 0 Å². The number of nitrogens with one attached hydrogen (secondary N) is 2. The average molecular weight is 356 g/mol. The molecule has 0 saturated carbocycles. The Kier molecular flexibility index (Phi) is 7.37. The van der Waals surface area contributed by atoms with Crippen molar-refractivity contribution >= 4 is 21.9 Å². The van der Waals surface area contributed by atoms with Gasteiger partial charge in [0.05, 0.1) is 12.0 Å². The molecule has 7 nitrogen and oxygen atoms in total. The first kappa shape index (κ1) is 20.1. The molecule has 1 atom stereocenters. The Morgan fingerprint density at radius 2 is 1.75 bits per heavy atom. The average Bonchev–Trinajstić information content (AvgIpc) is 2.51. The molecule has 134 valence electrons. The topological polar surface area (TPSA) is 102 Å². The summed E-state index contributed by atoms with van der Waals surface area (Å²) in [6.45, 7) is 5.30. The number of methoxy groups -OCH3 is 1. The minimum atomic E-state index is -3.84. The van der Waals surface area contributed by atoms with Crippen molar-refractivity contribution in [3.05, 3.63) is 29.8 Å². The van der Waals surface area contributed by atoms with Crippen molar-refractivity contribution in [2.45, 2.75) is 38.1 Å². The molecule has 0 aliphatic heterocycles. The summed E-state index contributed by atoms with van der Waals surface area (Å²) in [5, 5.41) is 2.38. The third kappa shape index (κ3) is 6.29. The van der Waals surface area contributed by atoms with E-state index in [0.717, 1.165) is 5.56 Å². The molecule has 1 aromatic carbocycles. The van der Waals surface area contributed by atoms with E-state index in [-0.39, 0.29) is 17.4 Å². The molecule has 0 aliphatic carbocycles. The van der Waals surface area contributed by atoms with E-state index in [2.05, 4.69) is 14.8 Å². The number of hydrogen-bond acceptors (Lipinski definition) is 5. The van der Waals surface area contributed by atoms with Crippen LogP contribution in [-0.4, -0.2) is 40.0 Å². The second kappa shape index (κ2) is 8.79. The first-order chi connectivity index (χ1) is 11.2. The molecular formula is C16H24N2O5S. The summed E-state index contributed by atoms with van der Waals surface area (Å²) in [7, 11) is -2.63. The van der Waals surface area contributed by atoms with Crippen molar-refractivity contribution in [1.82, 2.24) is 10.0 Å². The van der Waals surface area contributed by atoms with E-state index in [1.807, 2.05) is 20.8 Å². The number of benzene rings is 1. The van der Waals surface area contributed by atoms with E-state index in [0.29, 0.717) is 6.42 Å². The van der Waals surface area contributed by atoms with Crippen LogP contribution in [0.1, 0.15) is 25.8 Å².